The lowest BCUT2D eigenvalue weighted by molar-refractivity contribution is -0.133. The number of nitrogens with zero attached hydrogens (tertiary/aromatic N) is 1. The topological polar surface area (TPSA) is 49.4 Å². The molecule has 1 N–H and O–H groups in total. The molecule has 0 radical (unpaired) electrons. The molecule has 1 aromatic carbocycles. The fourth-order valence-corrected chi connectivity index (χ4v) is 3.47. The van der Waals surface area contributed by atoms with Gasteiger partial charge in [0.05, 0.1) is 5.92 Å². The van der Waals surface area contributed by atoms with Crippen molar-refractivity contribution in [2.75, 3.05) is 13.1 Å². The number of aryl methyl sites for hydroxylation is 1. The Morgan fingerprint density at radius 2 is 1.87 bits per heavy atom. The van der Waals surface area contributed by atoms with Crippen molar-refractivity contribution < 1.29 is 9.59 Å². The molecule has 4 heteroatoms. The van der Waals surface area contributed by atoms with Crippen LogP contribution in [0.2, 0.25) is 0 Å². The van der Waals surface area contributed by atoms with Crippen molar-refractivity contribution in [3.8, 4) is 0 Å². The smallest absolute Gasteiger partial charge is 0.225 e. The minimum Gasteiger partial charge on any atom is -0.353 e. The summed E-state index contributed by atoms with van der Waals surface area (Å²) < 4.78 is 0. The van der Waals surface area contributed by atoms with Crippen LogP contribution in [0.25, 0.3) is 0 Å². The summed E-state index contributed by atoms with van der Waals surface area (Å²) >= 11 is 0. The fraction of sp³-hybridized carbons (Fsp3) is 0.579. The van der Waals surface area contributed by atoms with Crippen molar-refractivity contribution in [2.24, 2.45) is 11.8 Å². The Balaban J connectivity index is 1.84. The summed E-state index contributed by atoms with van der Waals surface area (Å²) in [7, 11) is 0. The first-order valence-corrected chi connectivity index (χ1v) is 8.62. The second-order valence-electron chi connectivity index (χ2n) is 7.25. The van der Waals surface area contributed by atoms with Crippen LogP contribution in [-0.4, -0.2) is 35.8 Å². The first-order valence-electron chi connectivity index (χ1n) is 8.62. The lowest BCUT2D eigenvalue weighted by Gasteiger charge is -2.20. The van der Waals surface area contributed by atoms with E-state index in [1.165, 1.54) is 11.1 Å². The van der Waals surface area contributed by atoms with E-state index in [4.69, 9.17) is 0 Å². The monoisotopic (exact) mass is 314 g/mol. The van der Waals surface area contributed by atoms with Gasteiger partial charge in [0.25, 0.3) is 0 Å². The maximum absolute atomic E-state index is 12.7. The van der Waals surface area contributed by atoms with Crippen LogP contribution in [0.1, 0.15) is 43.7 Å². The van der Waals surface area contributed by atoms with Crippen LogP contribution in [0.15, 0.2) is 24.3 Å². The number of likely N-dealkylation sites (tertiary alicyclic amines) is 1. The van der Waals surface area contributed by atoms with E-state index < -0.39 is 0 Å². The van der Waals surface area contributed by atoms with Crippen molar-refractivity contribution >= 4 is 11.8 Å². The highest BCUT2D eigenvalue weighted by molar-refractivity contribution is 5.84. The van der Waals surface area contributed by atoms with Crippen LogP contribution >= 0.6 is 0 Å². The second-order valence-corrected chi connectivity index (χ2v) is 7.25. The van der Waals surface area contributed by atoms with Gasteiger partial charge in [-0.25, -0.2) is 0 Å². The molecule has 1 saturated carbocycles. The van der Waals surface area contributed by atoms with Gasteiger partial charge in [0.1, 0.15) is 0 Å². The molecule has 0 aromatic heterocycles. The number of nitrogens with one attached hydrogen (secondary N) is 1. The van der Waals surface area contributed by atoms with Crippen molar-refractivity contribution in [1.29, 1.82) is 0 Å². The average molecular weight is 314 g/mol. The number of carbonyl (C=O) groups is 2. The number of carbonyl (C=O) groups excluding carboxylic acids is 2. The van der Waals surface area contributed by atoms with Gasteiger partial charge in [-0.3, -0.25) is 9.59 Å². The molecular weight excluding hydrogens is 288 g/mol. The molecule has 2 aliphatic rings. The summed E-state index contributed by atoms with van der Waals surface area (Å²) in [4.78, 5) is 27.0. The molecular formula is C19H26N2O2. The molecule has 0 unspecified atom stereocenters. The predicted molar refractivity (Wildman–Crippen MR) is 90.0 cm³/mol. The minimum absolute atomic E-state index is 0.0298. The molecule has 2 fully saturated rings. The van der Waals surface area contributed by atoms with Crippen LogP contribution in [0.3, 0.4) is 0 Å². The molecule has 3 rings (SSSR count). The number of hydrogen-bond donors (Lipinski definition) is 1. The lowest BCUT2D eigenvalue weighted by Crippen LogP contribution is -2.37. The maximum Gasteiger partial charge on any atom is 0.225 e. The summed E-state index contributed by atoms with van der Waals surface area (Å²) in [6.07, 6.45) is 2.17. The first-order chi connectivity index (χ1) is 11.0. The SMILES string of the molecule is Cc1ccccc1[C@H]1CN(C(=O)C(C)C)C[C@H]1C(=O)NC1CC1. The highest BCUT2D eigenvalue weighted by Crippen LogP contribution is 2.35. The number of rotatable bonds is 4. The quantitative estimate of drug-likeness (QED) is 0.928. The van der Waals surface area contributed by atoms with E-state index in [1.54, 1.807) is 0 Å². The maximum atomic E-state index is 12.7. The predicted octanol–water partition coefficient (Wildman–Crippen LogP) is 2.47. The Kier molecular flexibility index (Phi) is 4.42. The van der Waals surface area contributed by atoms with Gasteiger partial charge in [0.15, 0.2) is 0 Å². The van der Waals surface area contributed by atoms with Crippen LogP contribution in [0.4, 0.5) is 0 Å². The van der Waals surface area contributed by atoms with Gasteiger partial charge in [-0.1, -0.05) is 38.1 Å². The normalized spacial score (nSPS) is 24.1. The Bertz CT molecular complexity index is 607. The first kappa shape index (κ1) is 16.0. The molecule has 1 heterocycles. The molecule has 1 saturated heterocycles. The zero-order valence-corrected chi connectivity index (χ0v) is 14.2. The molecule has 0 spiro atoms. The van der Waals surface area contributed by atoms with E-state index >= 15 is 0 Å². The number of benzene rings is 1. The van der Waals surface area contributed by atoms with Gasteiger partial charge < -0.3 is 10.2 Å². The van der Waals surface area contributed by atoms with E-state index in [9.17, 15) is 9.59 Å². The Labute approximate surface area is 138 Å². The third kappa shape index (κ3) is 3.41. The highest BCUT2D eigenvalue weighted by Gasteiger charge is 2.42. The van der Waals surface area contributed by atoms with Crippen LogP contribution in [0.5, 0.6) is 0 Å². The molecule has 2 amide bonds. The van der Waals surface area contributed by atoms with E-state index in [0.717, 1.165) is 12.8 Å². The number of amides is 2. The highest BCUT2D eigenvalue weighted by atomic mass is 16.2. The standard InChI is InChI=1S/C19H26N2O2/c1-12(2)19(23)21-10-16(15-7-5-4-6-13(15)3)17(11-21)18(22)20-14-8-9-14/h4-7,12,14,16-17H,8-11H2,1-3H3,(H,20,22)/t16-,17-/m1/s1. The van der Waals surface area contributed by atoms with Crippen molar-refractivity contribution in [3.63, 3.8) is 0 Å². The molecule has 2 atom stereocenters. The van der Waals surface area contributed by atoms with Crippen LogP contribution in [-0.2, 0) is 9.59 Å². The van der Waals surface area contributed by atoms with Crippen LogP contribution in [0, 0.1) is 18.8 Å². The Hall–Kier alpha value is -1.84. The van der Waals surface area contributed by atoms with Gasteiger partial charge in [-0.2, -0.15) is 0 Å². The second kappa shape index (κ2) is 6.34. The molecule has 1 aromatic rings. The summed E-state index contributed by atoms with van der Waals surface area (Å²) in [5.41, 5.74) is 2.39. The van der Waals surface area contributed by atoms with E-state index in [1.807, 2.05) is 30.9 Å². The van der Waals surface area contributed by atoms with Gasteiger partial charge in [0, 0.05) is 31.0 Å². The summed E-state index contributed by atoms with van der Waals surface area (Å²) in [6.45, 7) is 7.10. The van der Waals surface area contributed by atoms with E-state index in [0.29, 0.717) is 19.1 Å². The lowest BCUT2D eigenvalue weighted by atomic mass is 9.86. The Morgan fingerprint density at radius 1 is 1.17 bits per heavy atom. The molecule has 1 aliphatic heterocycles. The molecule has 1 aliphatic carbocycles. The zero-order chi connectivity index (χ0) is 16.6. The zero-order valence-electron chi connectivity index (χ0n) is 14.2. The van der Waals surface area contributed by atoms with Crippen LogP contribution < -0.4 is 5.32 Å². The van der Waals surface area contributed by atoms with Gasteiger partial charge >= 0.3 is 0 Å². The van der Waals surface area contributed by atoms with Crippen molar-refractivity contribution in [1.82, 2.24) is 10.2 Å². The molecule has 0 bridgehead atoms. The van der Waals surface area contributed by atoms with Crippen molar-refractivity contribution in [2.45, 2.75) is 45.6 Å². The molecule has 23 heavy (non-hydrogen) atoms. The largest absolute Gasteiger partial charge is 0.353 e. The van der Waals surface area contributed by atoms with E-state index in [-0.39, 0.29) is 29.6 Å². The molecule has 124 valence electrons. The molecule has 4 nitrogen and oxygen atoms in total. The third-order valence-electron chi connectivity index (χ3n) is 4.97. The van der Waals surface area contributed by atoms with Gasteiger partial charge in [-0.05, 0) is 30.9 Å². The average Bonchev–Trinajstić information content (AvgIpc) is 3.22. The summed E-state index contributed by atoms with van der Waals surface area (Å²) in [6, 6.07) is 8.57. The van der Waals surface area contributed by atoms with Gasteiger partial charge in [-0.15, -0.1) is 0 Å². The van der Waals surface area contributed by atoms with Crippen molar-refractivity contribution in [3.05, 3.63) is 35.4 Å². The summed E-state index contributed by atoms with van der Waals surface area (Å²) in [5, 5.41) is 3.13. The van der Waals surface area contributed by atoms with E-state index in [2.05, 4.69) is 24.4 Å². The third-order valence-corrected chi connectivity index (χ3v) is 4.97. The minimum atomic E-state index is -0.139. The number of hydrogen-bond acceptors (Lipinski definition) is 2. The summed E-state index contributed by atoms with van der Waals surface area (Å²) in [5.74, 6) is 0.180. The Morgan fingerprint density at radius 3 is 2.48 bits per heavy atom. The van der Waals surface area contributed by atoms with Gasteiger partial charge in [0.2, 0.25) is 11.8 Å². The fourth-order valence-electron chi connectivity index (χ4n) is 3.47.